The summed E-state index contributed by atoms with van der Waals surface area (Å²) in [6.07, 6.45) is 0.790. The van der Waals surface area contributed by atoms with Gasteiger partial charge in [-0.25, -0.2) is 0 Å². The lowest BCUT2D eigenvalue weighted by atomic mass is 10.2. The van der Waals surface area contributed by atoms with Gasteiger partial charge in [0.2, 0.25) is 5.91 Å². The molecule has 5 heteroatoms. The molecule has 98 valence electrons. The maximum Gasteiger partial charge on any atom is 0.244 e. The highest BCUT2D eigenvalue weighted by atomic mass is 35.5. The number of hydrogen-bond acceptors (Lipinski definition) is 3. The summed E-state index contributed by atoms with van der Waals surface area (Å²) >= 11 is 5.84. The molecule has 1 amide bonds. The van der Waals surface area contributed by atoms with Crippen molar-refractivity contribution >= 4 is 23.2 Å². The molecule has 4 nitrogen and oxygen atoms in total. The smallest absolute Gasteiger partial charge is 0.244 e. The van der Waals surface area contributed by atoms with E-state index in [1.165, 1.54) is 0 Å². The van der Waals surface area contributed by atoms with Crippen molar-refractivity contribution in [3.63, 3.8) is 0 Å². The van der Waals surface area contributed by atoms with Crippen molar-refractivity contribution in [3.05, 3.63) is 29.3 Å². The summed E-state index contributed by atoms with van der Waals surface area (Å²) < 4.78 is 0. The average Bonchev–Trinajstić information content (AvgIpc) is 2.73. The molecule has 1 aromatic carbocycles. The van der Waals surface area contributed by atoms with Crippen LogP contribution < -0.4 is 4.90 Å². The van der Waals surface area contributed by atoms with E-state index in [4.69, 9.17) is 16.7 Å². The summed E-state index contributed by atoms with van der Waals surface area (Å²) in [4.78, 5) is 16.0. The van der Waals surface area contributed by atoms with Gasteiger partial charge >= 0.3 is 0 Å². The summed E-state index contributed by atoms with van der Waals surface area (Å²) in [5.41, 5.74) is 0.879. The minimum Gasteiger partial charge on any atom is -0.395 e. The lowest BCUT2D eigenvalue weighted by molar-refractivity contribution is -0.121. The average molecular weight is 269 g/mol. The molecule has 1 aliphatic heterocycles. The third kappa shape index (κ3) is 2.66. The second-order valence-corrected chi connectivity index (χ2v) is 4.91. The Balaban J connectivity index is 2.09. The number of benzene rings is 1. The van der Waals surface area contributed by atoms with Gasteiger partial charge in [-0.2, -0.15) is 0 Å². The van der Waals surface area contributed by atoms with Crippen molar-refractivity contribution in [1.29, 1.82) is 0 Å². The van der Waals surface area contributed by atoms with Crippen LogP contribution in [0.5, 0.6) is 0 Å². The van der Waals surface area contributed by atoms with Gasteiger partial charge in [0.25, 0.3) is 0 Å². The van der Waals surface area contributed by atoms with E-state index in [1.54, 1.807) is 17.0 Å². The maximum absolute atomic E-state index is 12.3. The Bertz CT molecular complexity index is 422. The van der Waals surface area contributed by atoms with Crippen LogP contribution in [0.25, 0.3) is 0 Å². The van der Waals surface area contributed by atoms with Gasteiger partial charge in [0.05, 0.1) is 12.6 Å². The summed E-state index contributed by atoms with van der Waals surface area (Å²) in [7, 11) is 1.87. The van der Waals surface area contributed by atoms with Crippen LogP contribution in [0.2, 0.25) is 5.02 Å². The van der Waals surface area contributed by atoms with E-state index in [2.05, 4.69) is 0 Å². The molecule has 0 aromatic heterocycles. The van der Waals surface area contributed by atoms with Crippen LogP contribution in [0.1, 0.15) is 6.42 Å². The lowest BCUT2D eigenvalue weighted by Gasteiger charge is -2.22. The number of aliphatic hydroxyl groups excluding tert-OH is 1. The Kier molecular flexibility index (Phi) is 4.22. The van der Waals surface area contributed by atoms with Crippen molar-refractivity contribution in [2.45, 2.75) is 12.5 Å². The van der Waals surface area contributed by atoms with Gasteiger partial charge in [0, 0.05) is 23.8 Å². The third-order valence-electron chi connectivity index (χ3n) is 3.30. The minimum atomic E-state index is -0.132. The molecule has 1 unspecified atom stereocenters. The van der Waals surface area contributed by atoms with Gasteiger partial charge in [0.1, 0.15) is 0 Å². The maximum atomic E-state index is 12.3. The van der Waals surface area contributed by atoms with E-state index in [9.17, 15) is 4.79 Å². The molecule has 1 N–H and O–H groups in total. The van der Waals surface area contributed by atoms with Crippen LogP contribution in [0, 0.1) is 0 Å². The number of amides is 1. The first-order valence-electron chi connectivity index (χ1n) is 6.01. The van der Waals surface area contributed by atoms with Gasteiger partial charge in [-0.1, -0.05) is 11.6 Å². The van der Waals surface area contributed by atoms with Crippen molar-refractivity contribution in [3.8, 4) is 0 Å². The van der Waals surface area contributed by atoms with Crippen LogP contribution in [-0.4, -0.2) is 48.7 Å². The van der Waals surface area contributed by atoms with E-state index in [0.717, 1.165) is 12.1 Å². The summed E-state index contributed by atoms with van der Waals surface area (Å²) in [5, 5.41) is 9.58. The standard InChI is InChI=1S/C13H17ClN2O2/c1-15(8-9-17)12-6-7-16(13(12)18)11-4-2-10(14)3-5-11/h2-5,12,17H,6-9H2,1H3. The fourth-order valence-corrected chi connectivity index (χ4v) is 2.39. The second kappa shape index (κ2) is 5.69. The predicted molar refractivity (Wildman–Crippen MR) is 71.9 cm³/mol. The molecule has 1 heterocycles. The topological polar surface area (TPSA) is 43.8 Å². The van der Waals surface area contributed by atoms with Crippen molar-refractivity contribution in [2.75, 3.05) is 31.6 Å². The Morgan fingerprint density at radius 1 is 1.44 bits per heavy atom. The Morgan fingerprint density at radius 2 is 2.11 bits per heavy atom. The van der Waals surface area contributed by atoms with E-state index >= 15 is 0 Å². The predicted octanol–water partition coefficient (Wildman–Crippen LogP) is 1.37. The zero-order valence-corrected chi connectivity index (χ0v) is 11.1. The molecule has 1 fully saturated rings. The van der Waals surface area contributed by atoms with E-state index in [-0.39, 0.29) is 18.6 Å². The SMILES string of the molecule is CN(CCO)C1CCN(c2ccc(Cl)cc2)C1=O. The zero-order valence-electron chi connectivity index (χ0n) is 10.3. The molecule has 18 heavy (non-hydrogen) atoms. The number of anilines is 1. The molecule has 0 saturated carbocycles. The molecular weight excluding hydrogens is 252 g/mol. The molecule has 1 atom stereocenters. The first kappa shape index (κ1) is 13.3. The number of nitrogens with zero attached hydrogens (tertiary/aromatic N) is 2. The minimum absolute atomic E-state index is 0.0707. The first-order chi connectivity index (χ1) is 8.63. The molecule has 1 saturated heterocycles. The van der Waals surface area contributed by atoms with Crippen LogP contribution in [0.15, 0.2) is 24.3 Å². The lowest BCUT2D eigenvalue weighted by Crippen LogP contribution is -2.40. The van der Waals surface area contributed by atoms with Gasteiger partial charge in [-0.3, -0.25) is 9.69 Å². The highest BCUT2D eigenvalue weighted by Crippen LogP contribution is 2.25. The second-order valence-electron chi connectivity index (χ2n) is 4.47. The van der Waals surface area contributed by atoms with E-state index in [0.29, 0.717) is 18.1 Å². The Morgan fingerprint density at radius 3 is 2.72 bits per heavy atom. The summed E-state index contributed by atoms with van der Waals surface area (Å²) in [5.74, 6) is 0.0910. The Hall–Kier alpha value is -1.10. The Labute approximate surface area is 112 Å². The molecule has 0 spiro atoms. The normalized spacial score (nSPS) is 19.9. The van der Waals surface area contributed by atoms with Crippen LogP contribution >= 0.6 is 11.6 Å². The van der Waals surface area contributed by atoms with Gasteiger partial charge in [0.15, 0.2) is 0 Å². The van der Waals surface area contributed by atoms with Crippen molar-refractivity contribution < 1.29 is 9.90 Å². The molecule has 0 bridgehead atoms. The number of carbonyl (C=O) groups is 1. The van der Waals surface area contributed by atoms with Crippen LogP contribution in [-0.2, 0) is 4.79 Å². The third-order valence-corrected chi connectivity index (χ3v) is 3.55. The fraction of sp³-hybridized carbons (Fsp3) is 0.462. The number of hydrogen-bond donors (Lipinski definition) is 1. The highest BCUT2D eigenvalue weighted by molar-refractivity contribution is 6.30. The number of rotatable bonds is 4. The molecule has 1 aromatic rings. The number of aliphatic hydroxyl groups is 1. The monoisotopic (exact) mass is 268 g/mol. The highest BCUT2D eigenvalue weighted by Gasteiger charge is 2.34. The van der Waals surface area contributed by atoms with Crippen molar-refractivity contribution in [2.24, 2.45) is 0 Å². The zero-order chi connectivity index (χ0) is 13.1. The van der Waals surface area contributed by atoms with Gasteiger partial charge in [-0.05, 0) is 37.7 Å². The number of carbonyl (C=O) groups excluding carboxylic acids is 1. The quantitative estimate of drug-likeness (QED) is 0.897. The van der Waals surface area contributed by atoms with Crippen molar-refractivity contribution in [1.82, 2.24) is 4.90 Å². The largest absolute Gasteiger partial charge is 0.395 e. The fourth-order valence-electron chi connectivity index (χ4n) is 2.26. The first-order valence-corrected chi connectivity index (χ1v) is 6.39. The summed E-state index contributed by atoms with van der Waals surface area (Å²) in [6, 6.07) is 7.15. The summed E-state index contributed by atoms with van der Waals surface area (Å²) in [6.45, 7) is 1.30. The molecule has 0 radical (unpaired) electrons. The van der Waals surface area contributed by atoms with Gasteiger partial charge < -0.3 is 10.0 Å². The molecule has 0 aliphatic carbocycles. The molecule has 1 aliphatic rings. The molecular formula is C13H17ClN2O2. The number of likely N-dealkylation sites (N-methyl/N-ethyl adjacent to an activating group) is 1. The van der Waals surface area contributed by atoms with E-state index < -0.39 is 0 Å². The van der Waals surface area contributed by atoms with Crippen LogP contribution in [0.3, 0.4) is 0 Å². The van der Waals surface area contributed by atoms with E-state index in [1.807, 2.05) is 24.1 Å². The number of halogens is 1. The molecule has 2 rings (SSSR count). The van der Waals surface area contributed by atoms with Crippen LogP contribution in [0.4, 0.5) is 5.69 Å². The van der Waals surface area contributed by atoms with Gasteiger partial charge in [-0.15, -0.1) is 0 Å².